The van der Waals surface area contributed by atoms with Crippen molar-refractivity contribution in [1.29, 1.82) is 0 Å². The van der Waals surface area contributed by atoms with E-state index in [0.717, 1.165) is 18.2 Å². The van der Waals surface area contributed by atoms with Crippen LogP contribution < -0.4 is 10.2 Å². The van der Waals surface area contributed by atoms with E-state index in [-0.39, 0.29) is 46.7 Å². The fourth-order valence-corrected chi connectivity index (χ4v) is 3.33. The highest BCUT2D eigenvalue weighted by Gasteiger charge is 2.43. The van der Waals surface area contributed by atoms with Crippen molar-refractivity contribution in [2.24, 2.45) is 0 Å². The van der Waals surface area contributed by atoms with E-state index in [2.05, 4.69) is 15.1 Å². The number of nitrogens with zero attached hydrogens (tertiary/aromatic N) is 2. The summed E-state index contributed by atoms with van der Waals surface area (Å²) in [4.78, 5) is 32.3. The molecule has 1 amide bonds. The second-order valence-electron chi connectivity index (χ2n) is 7.00. The predicted molar refractivity (Wildman–Crippen MR) is 107 cm³/mol. The average Bonchev–Trinajstić information content (AvgIpc) is 3.13. The van der Waals surface area contributed by atoms with Gasteiger partial charge in [-0.1, -0.05) is 6.07 Å². The van der Waals surface area contributed by atoms with E-state index in [0.29, 0.717) is 4.73 Å². The van der Waals surface area contributed by atoms with E-state index in [1.54, 1.807) is 0 Å². The number of carbonyl (C=O) groups excluding carboxylic acids is 2. The second-order valence-corrected chi connectivity index (χ2v) is 7.00. The minimum absolute atomic E-state index is 0.00349. The Bertz CT molecular complexity index is 1260. The van der Waals surface area contributed by atoms with Crippen LogP contribution in [0.25, 0.3) is 23.4 Å². The van der Waals surface area contributed by atoms with Gasteiger partial charge in [-0.3, -0.25) is 9.78 Å². The first-order valence-corrected chi connectivity index (χ1v) is 9.56. The fourth-order valence-electron chi connectivity index (χ4n) is 3.33. The van der Waals surface area contributed by atoms with Crippen LogP contribution in [0.3, 0.4) is 0 Å². The lowest BCUT2D eigenvalue weighted by molar-refractivity contribution is -0.199. The Morgan fingerprint density at radius 1 is 1.12 bits per heavy atom. The molecule has 0 aliphatic carbocycles. The first-order chi connectivity index (χ1) is 15.6. The van der Waals surface area contributed by atoms with Crippen molar-refractivity contribution in [3.63, 3.8) is 0 Å². The molecule has 170 valence electrons. The van der Waals surface area contributed by atoms with Crippen LogP contribution in [0.15, 0.2) is 42.6 Å². The number of nitrogens with one attached hydrogen (secondary N) is 1. The van der Waals surface area contributed by atoms with Crippen molar-refractivity contribution < 1.29 is 36.4 Å². The molecule has 0 atom stereocenters. The van der Waals surface area contributed by atoms with Crippen molar-refractivity contribution >= 4 is 24.0 Å². The molecule has 0 bridgehead atoms. The van der Waals surface area contributed by atoms with Crippen molar-refractivity contribution in [3.8, 4) is 11.3 Å². The molecular weight excluding hydrogens is 449 g/mol. The number of carbonyl (C=O) groups is 2. The van der Waals surface area contributed by atoms with E-state index in [1.807, 2.05) is 0 Å². The van der Waals surface area contributed by atoms with Crippen LogP contribution in [0.5, 0.6) is 0 Å². The number of hydrogen-bond donors (Lipinski definition) is 1. The molecule has 0 unspecified atom stereocenters. The minimum atomic E-state index is -5.25. The normalized spacial score (nSPS) is 13.7. The summed E-state index contributed by atoms with van der Waals surface area (Å²) >= 11 is 0. The van der Waals surface area contributed by atoms with Gasteiger partial charge in [0.15, 0.2) is 0 Å². The van der Waals surface area contributed by atoms with Crippen LogP contribution in [0, 0.1) is 11.6 Å². The van der Waals surface area contributed by atoms with E-state index in [9.17, 15) is 31.5 Å². The first-order valence-electron chi connectivity index (χ1n) is 9.56. The van der Waals surface area contributed by atoms with Crippen LogP contribution in [-0.2, 0) is 11.2 Å². The number of halogens is 5. The molecule has 1 aliphatic rings. The van der Waals surface area contributed by atoms with Gasteiger partial charge in [-0.05, 0) is 42.5 Å². The molecule has 4 rings (SSSR count). The third-order valence-electron chi connectivity index (χ3n) is 4.85. The van der Waals surface area contributed by atoms with Crippen molar-refractivity contribution in [1.82, 2.24) is 15.0 Å². The predicted octanol–water partition coefficient (Wildman–Crippen LogP) is 3.80. The summed E-state index contributed by atoms with van der Waals surface area (Å²) in [5, 5.41) is 2.56. The van der Waals surface area contributed by atoms with E-state index in [4.69, 9.17) is 0 Å². The van der Waals surface area contributed by atoms with Gasteiger partial charge < -0.3 is 10.2 Å². The number of pyridine rings is 1. The smallest absolute Gasteiger partial charge is 0.352 e. The molecule has 3 heterocycles. The maximum Gasteiger partial charge on any atom is 0.493 e. The highest BCUT2D eigenvalue weighted by molar-refractivity contribution is 5.98. The topological polar surface area (TPSA) is 73.2 Å². The lowest BCUT2D eigenvalue weighted by atomic mass is 10.1. The van der Waals surface area contributed by atoms with E-state index >= 15 is 0 Å². The number of benzene rings is 1. The third kappa shape index (κ3) is 4.47. The molecule has 33 heavy (non-hydrogen) atoms. The molecule has 0 fully saturated rings. The summed E-state index contributed by atoms with van der Waals surface area (Å²) < 4.78 is 66.9. The van der Waals surface area contributed by atoms with Gasteiger partial charge in [0, 0.05) is 30.3 Å². The summed E-state index contributed by atoms with van der Waals surface area (Å²) in [7, 11) is 0. The molecule has 3 aromatic rings. The van der Waals surface area contributed by atoms with Gasteiger partial charge in [0.05, 0.1) is 22.6 Å². The molecule has 0 spiro atoms. The van der Waals surface area contributed by atoms with Gasteiger partial charge in [0.1, 0.15) is 11.6 Å². The Labute approximate surface area is 183 Å². The second kappa shape index (κ2) is 8.49. The summed E-state index contributed by atoms with van der Waals surface area (Å²) in [6.07, 6.45) is -1.32. The van der Waals surface area contributed by atoms with Crippen molar-refractivity contribution in [2.45, 2.75) is 12.6 Å². The van der Waals surface area contributed by atoms with Crippen LogP contribution >= 0.6 is 0 Å². The highest BCUT2D eigenvalue weighted by atomic mass is 19.4. The SMILES string of the molecule is O=C1NCCc2c1cc(-c1ccnc(C=Cc3c(F)cccc3F)c1)n2OC(=O)C(F)(F)F. The maximum atomic E-state index is 13.8. The molecule has 0 saturated heterocycles. The maximum absolute atomic E-state index is 13.8. The van der Waals surface area contributed by atoms with Crippen LogP contribution in [0.1, 0.15) is 27.3 Å². The zero-order valence-corrected chi connectivity index (χ0v) is 16.6. The number of alkyl halides is 3. The third-order valence-corrected chi connectivity index (χ3v) is 4.85. The summed E-state index contributed by atoms with van der Waals surface area (Å²) in [6, 6.07) is 7.53. The van der Waals surface area contributed by atoms with Crippen LogP contribution in [0.4, 0.5) is 22.0 Å². The van der Waals surface area contributed by atoms with Gasteiger partial charge >= 0.3 is 12.1 Å². The minimum Gasteiger partial charge on any atom is -0.352 e. The number of fused-ring (bicyclic) bond motifs is 1. The Morgan fingerprint density at radius 2 is 1.85 bits per heavy atom. The molecule has 0 radical (unpaired) electrons. The number of amides is 1. The molecule has 0 saturated carbocycles. The number of rotatable bonds is 4. The average molecular weight is 463 g/mol. The Balaban J connectivity index is 1.75. The van der Waals surface area contributed by atoms with Crippen molar-refractivity contribution in [2.75, 3.05) is 6.54 Å². The molecule has 2 aromatic heterocycles. The van der Waals surface area contributed by atoms with Gasteiger partial charge in [0.25, 0.3) is 5.91 Å². The lowest BCUT2D eigenvalue weighted by Gasteiger charge is -2.17. The molecule has 1 aliphatic heterocycles. The van der Waals surface area contributed by atoms with Crippen LogP contribution in [0.2, 0.25) is 0 Å². The Kier molecular flexibility index (Phi) is 5.71. The quantitative estimate of drug-likeness (QED) is 0.598. The largest absolute Gasteiger partial charge is 0.493 e. The van der Waals surface area contributed by atoms with E-state index < -0.39 is 29.7 Å². The summed E-state index contributed by atoms with van der Waals surface area (Å²) in [6.45, 7) is 0.150. The lowest BCUT2D eigenvalue weighted by Crippen LogP contribution is -2.37. The summed E-state index contributed by atoms with van der Waals surface area (Å²) in [5.74, 6) is -4.54. The Morgan fingerprint density at radius 3 is 2.55 bits per heavy atom. The number of hydrogen-bond acceptors (Lipinski definition) is 4. The molecule has 11 heteroatoms. The highest BCUT2D eigenvalue weighted by Crippen LogP contribution is 2.29. The first kappa shape index (κ1) is 22.2. The van der Waals surface area contributed by atoms with Gasteiger partial charge in [0.2, 0.25) is 0 Å². The van der Waals surface area contributed by atoms with E-state index in [1.165, 1.54) is 36.5 Å². The van der Waals surface area contributed by atoms with Gasteiger partial charge in [-0.15, -0.1) is 0 Å². The van der Waals surface area contributed by atoms with Gasteiger partial charge in [-0.25, -0.2) is 13.6 Å². The molecule has 1 aromatic carbocycles. The van der Waals surface area contributed by atoms with Gasteiger partial charge in [-0.2, -0.15) is 17.9 Å². The molecular formula is C22H14F5N3O3. The standard InChI is InChI=1S/C22H14F5N3O3/c23-16-2-1-3-17(24)14(16)5-4-13-10-12(6-8-28-13)19-11-15-18(7-9-29-20(15)31)30(19)33-21(32)22(25,26)27/h1-6,8,10-11H,7,9H2,(H,29,31). The fraction of sp³-hybridized carbons (Fsp3) is 0.136. The Hall–Kier alpha value is -4.02. The van der Waals surface area contributed by atoms with Crippen LogP contribution in [-0.4, -0.2) is 34.3 Å². The summed E-state index contributed by atoms with van der Waals surface area (Å²) in [5.41, 5.74) is 0.355. The molecule has 1 N–H and O–H groups in total. The molecule has 6 nitrogen and oxygen atoms in total. The number of aromatic nitrogens is 2. The zero-order chi connectivity index (χ0) is 23.8. The zero-order valence-electron chi connectivity index (χ0n) is 16.6. The monoisotopic (exact) mass is 463 g/mol. The van der Waals surface area contributed by atoms with Crippen molar-refractivity contribution in [3.05, 3.63) is 76.7 Å².